The highest BCUT2D eigenvalue weighted by molar-refractivity contribution is 7.09. The van der Waals surface area contributed by atoms with E-state index in [0.29, 0.717) is 18.8 Å². The van der Waals surface area contributed by atoms with Crippen molar-refractivity contribution in [3.8, 4) is 0 Å². The number of benzene rings is 1. The van der Waals surface area contributed by atoms with E-state index in [0.717, 1.165) is 10.6 Å². The van der Waals surface area contributed by atoms with E-state index in [1.807, 2.05) is 13.8 Å². The highest BCUT2D eigenvalue weighted by atomic mass is 32.1. The van der Waals surface area contributed by atoms with E-state index in [-0.39, 0.29) is 17.1 Å². The molecule has 0 saturated heterocycles. The van der Waals surface area contributed by atoms with Crippen LogP contribution in [0.15, 0.2) is 29.6 Å². The van der Waals surface area contributed by atoms with Crippen LogP contribution < -0.4 is 11.1 Å². The number of rotatable bonds is 5. The van der Waals surface area contributed by atoms with Crippen LogP contribution in [0.1, 0.15) is 34.9 Å². The van der Waals surface area contributed by atoms with E-state index in [1.165, 1.54) is 23.5 Å². The zero-order chi connectivity index (χ0) is 15.5. The lowest BCUT2D eigenvalue weighted by atomic mass is 9.84. The summed E-state index contributed by atoms with van der Waals surface area (Å²) >= 11 is 1.37. The Morgan fingerprint density at radius 2 is 2.05 bits per heavy atom. The zero-order valence-electron chi connectivity index (χ0n) is 12.0. The van der Waals surface area contributed by atoms with Crippen LogP contribution in [0.3, 0.4) is 0 Å². The maximum absolute atomic E-state index is 13.0. The third kappa shape index (κ3) is 3.86. The van der Waals surface area contributed by atoms with Gasteiger partial charge in [-0.1, -0.05) is 26.0 Å². The van der Waals surface area contributed by atoms with Crippen LogP contribution in [0.2, 0.25) is 0 Å². The van der Waals surface area contributed by atoms with E-state index in [4.69, 9.17) is 5.73 Å². The Kier molecular flexibility index (Phi) is 4.69. The summed E-state index contributed by atoms with van der Waals surface area (Å²) in [7, 11) is 0. The summed E-state index contributed by atoms with van der Waals surface area (Å²) in [5, 5.41) is 5.29. The summed E-state index contributed by atoms with van der Waals surface area (Å²) in [6, 6.07) is 6.31. The minimum atomic E-state index is -0.296. The van der Waals surface area contributed by atoms with E-state index < -0.39 is 0 Å². The van der Waals surface area contributed by atoms with Crippen molar-refractivity contribution in [2.75, 3.05) is 6.54 Å². The Morgan fingerprint density at radius 3 is 2.62 bits per heavy atom. The number of nitrogens with one attached hydrogen (secondary N) is 1. The summed E-state index contributed by atoms with van der Waals surface area (Å²) in [4.78, 5) is 16.2. The fourth-order valence-corrected chi connectivity index (χ4v) is 2.56. The lowest BCUT2D eigenvalue weighted by Crippen LogP contribution is -2.36. The molecule has 1 aromatic heterocycles. The van der Waals surface area contributed by atoms with Crippen molar-refractivity contribution in [1.29, 1.82) is 0 Å². The maximum Gasteiger partial charge on any atom is 0.270 e. The van der Waals surface area contributed by atoms with Gasteiger partial charge in [-0.2, -0.15) is 0 Å². The van der Waals surface area contributed by atoms with Gasteiger partial charge < -0.3 is 11.1 Å². The number of amides is 1. The number of hydrogen-bond acceptors (Lipinski definition) is 4. The Bertz CT molecular complexity index is 622. The molecule has 1 heterocycles. The van der Waals surface area contributed by atoms with E-state index >= 15 is 0 Å². The van der Waals surface area contributed by atoms with Crippen molar-refractivity contribution in [2.24, 2.45) is 5.73 Å². The molecule has 3 N–H and O–H groups in total. The van der Waals surface area contributed by atoms with Gasteiger partial charge in [-0.25, -0.2) is 9.37 Å². The molecule has 2 rings (SSSR count). The third-order valence-electron chi connectivity index (χ3n) is 3.28. The number of nitrogens with zero attached hydrogens (tertiary/aromatic N) is 1. The maximum atomic E-state index is 13.0. The number of carbonyl (C=O) groups is 1. The first-order chi connectivity index (χ1) is 9.92. The smallest absolute Gasteiger partial charge is 0.270 e. The van der Waals surface area contributed by atoms with Crippen molar-refractivity contribution in [3.63, 3.8) is 0 Å². The van der Waals surface area contributed by atoms with Crippen LogP contribution in [0.4, 0.5) is 4.39 Å². The molecule has 0 aliphatic heterocycles. The summed E-state index contributed by atoms with van der Waals surface area (Å²) in [5.74, 6) is -0.489. The standard InChI is InChI=1S/C15H18FN3OS/c1-15(2,10-3-5-11(16)6-4-10)9-18-14(20)12-8-21-13(7-17)19-12/h3-6,8H,7,9,17H2,1-2H3,(H,18,20). The first-order valence-corrected chi connectivity index (χ1v) is 7.49. The van der Waals surface area contributed by atoms with Gasteiger partial charge in [0.25, 0.3) is 5.91 Å². The molecular formula is C15H18FN3OS. The zero-order valence-corrected chi connectivity index (χ0v) is 12.8. The fourth-order valence-electron chi connectivity index (χ4n) is 1.90. The molecule has 0 atom stereocenters. The Labute approximate surface area is 127 Å². The van der Waals surface area contributed by atoms with Crippen LogP contribution in [-0.4, -0.2) is 17.4 Å². The molecule has 0 fully saturated rings. The predicted octanol–water partition coefficient (Wildman–Crippen LogP) is 2.45. The number of halogens is 1. The molecule has 0 saturated carbocycles. The van der Waals surface area contributed by atoms with Crippen LogP contribution in [0.5, 0.6) is 0 Å². The second-order valence-electron chi connectivity index (χ2n) is 5.40. The van der Waals surface area contributed by atoms with Gasteiger partial charge in [-0.05, 0) is 17.7 Å². The number of aromatic nitrogens is 1. The second kappa shape index (κ2) is 6.32. The van der Waals surface area contributed by atoms with Crippen molar-refractivity contribution >= 4 is 17.2 Å². The molecule has 0 spiro atoms. The average molecular weight is 307 g/mol. The van der Waals surface area contributed by atoms with Gasteiger partial charge in [0.1, 0.15) is 16.5 Å². The summed E-state index contributed by atoms with van der Waals surface area (Å²) in [6.45, 7) is 4.76. The van der Waals surface area contributed by atoms with Gasteiger partial charge in [0, 0.05) is 23.9 Å². The van der Waals surface area contributed by atoms with Crippen molar-refractivity contribution in [2.45, 2.75) is 25.8 Å². The largest absolute Gasteiger partial charge is 0.350 e. The number of thiazole rings is 1. The van der Waals surface area contributed by atoms with Gasteiger partial charge in [0.15, 0.2) is 0 Å². The van der Waals surface area contributed by atoms with Crippen LogP contribution in [0.25, 0.3) is 0 Å². The number of nitrogens with two attached hydrogens (primary N) is 1. The fraction of sp³-hybridized carbons (Fsp3) is 0.333. The second-order valence-corrected chi connectivity index (χ2v) is 6.35. The van der Waals surface area contributed by atoms with Gasteiger partial charge in [0.2, 0.25) is 0 Å². The van der Waals surface area contributed by atoms with Gasteiger partial charge in [-0.15, -0.1) is 11.3 Å². The summed E-state index contributed by atoms with van der Waals surface area (Å²) in [6.07, 6.45) is 0. The van der Waals surface area contributed by atoms with Crippen LogP contribution in [-0.2, 0) is 12.0 Å². The molecule has 1 amide bonds. The Morgan fingerprint density at radius 1 is 1.38 bits per heavy atom. The molecule has 0 radical (unpaired) electrons. The first kappa shape index (κ1) is 15.6. The molecule has 6 heteroatoms. The van der Waals surface area contributed by atoms with Gasteiger partial charge >= 0.3 is 0 Å². The average Bonchev–Trinajstić information content (AvgIpc) is 2.94. The monoisotopic (exact) mass is 307 g/mol. The third-order valence-corrected chi connectivity index (χ3v) is 4.15. The molecule has 4 nitrogen and oxygen atoms in total. The molecule has 0 aliphatic rings. The van der Waals surface area contributed by atoms with Gasteiger partial charge in [0.05, 0.1) is 0 Å². The topological polar surface area (TPSA) is 68.0 Å². The SMILES string of the molecule is CC(C)(CNC(=O)c1csc(CN)n1)c1ccc(F)cc1. The van der Waals surface area contributed by atoms with Crippen molar-refractivity contribution < 1.29 is 9.18 Å². The molecule has 112 valence electrons. The lowest BCUT2D eigenvalue weighted by molar-refractivity contribution is 0.0941. The summed E-state index contributed by atoms with van der Waals surface area (Å²) < 4.78 is 13.0. The molecule has 0 bridgehead atoms. The summed E-state index contributed by atoms with van der Waals surface area (Å²) in [5.41, 5.74) is 6.53. The first-order valence-electron chi connectivity index (χ1n) is 6.61. The predicted molar refractivity (Wildman–Crippen MR) is 81.8 cm³/mol. The highest BCUT2D eigenvalue weighted by Gasteiger charge is 2.22. The van der Waals surface area contributed by atoms with Gasteiger partial charge in [-0.3, -0.25) is 4.79 Å². The molecular weight excluding hydrogens is 289 g/mol. The number of hydrogen-bond donors (Lipinski definition) is 2. The number of carbonyl (C=O) groups excluding carboxylic acids is 1. The van der Waals surface area contributed by atoms with Crippen LogP contribution >= 0.6 is 11.3 Å². The molecule has 1 aromatic carbocycles. The van der Waals surface area contributed by atoms with Crippen molar-refractivity contribution in [3.05, 3.63) is 51.7 Å². The molecule has 0 aliphatic carbocycles. The highest BCUT2D eigenvalue weighted by Crippen LogP contribution is 2.22. The minimum absolute atomic E-state index is 0.221. The van der Waals surface area contributed by atoms with E-state index in [2.05, 4.69) is 10.3 Å². The minimum Gasteiger partial charge on any atom is -0.350 e. The molecule has 0 unspecified atom stereocenters. The van der Waals surface area contributed by atoms with Crippen molar-refractivity contribution in [1.82, 2.24) is 10.3 Å². The van der Waals surface area contributed by atoms with E-state index in [1.54, 1.807) is 17.5 Å². The lowest BCUT2D eigenvalue weighted by Gasteiger charge is -2.25. The van der Waals surface area contributed by atoms with Crippen LogP contribution in [0, 0.1) is 5.82 Å². The quantitative estimate of drug-likeness (QED) is 0.891. The normalized spacial score (nSPS) is 11.4. The molecule has 2 aromatic rings. The van der Waals surface area contributed by atoms with E-state index in [9.17, 15) is 9.18 Å². The Hall–Kier alpha value is -1.79. The Balaban J connectivity index is 2.00. The molecule has 21 heavy (non-hydrogen) atoms.